The summed E-state index contributed by atoms with van der Waals surface area (Å²) in [4.78, 5) is 12.8. The van der Waals surface area contributed by atoms with Crippen molar-refractivity contribution in [3.05, 3.63) is 107 Å². The summed E-state index contributed by atoms with van der Waals surface area (Å²) in [5.74, 6) is -0.234. The lowest BCUT2D eigenvalue weighted by Gasteiger charge is -2.22. The van der Waals surface area contributed by atoms with E-state index in [0.29, 0.717) is 16.3 Å². The average Bonchev–Trinajstić information content (AvgIpc) is 2.77. The van der Waals surface area contributed by atoms with Crippen molar-refractivity contribution < 1.29 is 13.2 Å². The zero-order chi connectivity index (χ0) is 22.7. The molecule has 7 heteroatoms. The lowest BCUT2D eigenvalue weighted by molar-refractivity contribution is 0.102. The Morgan fingerprint density at radius 3 is 2.31 bits per heavy atom. The van der Waals surface area contributed by atoms with Crippen LogP contribution in [0.15, 0.2) is 91.0 Å². The van der Waals surface area contributed by atoms with Gasteiger partial charge in [0.1, 0.15) is 0 Å². The van der Waals surface area contributed by atoms with Crippen LogP contribution in [0.5, 0.6) is 0 Å². The van der Waals surface area contributed by atoms with Gasteiger partial charge in [-0.2, -0.15) is 0 Å². The van der Waals surface area contributed by atoms with Crippen molar-refractivity contribution in [2.45, 2.75) is 6.54 Å². The maximum Gasteiger partial charge on any atom is 0.255 e. The van der Waals surface area contributed by atoms with Gasteiger partial charge in [0.05, 0.1) is 18.5 Å². The van der Waals surface area contributed by atoms with Crippen LogP contribution in [0.4, 0.5) is 11.4 Å². The zero-order valence-corrected chi connectivity index (χ0v) is 18.9. The number of anilines is 2. The molecule has 4 rings (SSSR count). The Morgan fingerprint density at radius 2 is 1.59 bits per heavy atom. The molecular formula is C25H21ClN2O3S. The molecule has 0 fully saturated rings. The van der Waals surface area contributed by atoms with E-state index < -0.39 is 10.0 Å². The summed E-state index contributed by atoms with van der Waals surface area (Å²) in [7, 11) is -3.53. The minimum Gasteiger partial charge on any atom is -0.321 e. The first kappa shape index (κ1) is 21.9. The van der Waals surface area contributed by atoms with E-state index in [1.54, 1.807) is 48.5 Å². The quantitative estimate of drug-likeness (QED) is 0.397. The molecule has 162 valence electrons. The maximum atomic E-state index is 12.8. The Labute approximate surface area is 192 Å². The van der Waals surface area contributed by atoms with E-state index in [9.17, 15) is 13.2 Å². The molecule has 4 aromatic rings. The Hall–Kier alpha value is -3.35. The van der Waals surface area contributed by atoms with E-state index in [4.69, 9.17) is 11.6 Å². The maximum absolute atomic E-state index is 12.8. The molecule has 0 radical (unpaired) electrons. The van der Waals surface area contributed by atoms with Crippen molar-refractivity contribution >= 4 is 49.7 Å². The normalized spacial score (nSPS) is 11.3. The minimum atomic E-state index is -3.53. The standard InChI is InChI=1S/C25H21ClN2O3S/c1-32(30,31)28(22-9-5-8-21(26)16-22)17-18-12-14-20(15-13-18)25(29)27-24-11-4-7-19-6-2-3-10-23(19)24/h2-16H,17H2,1H3,(H,27,29). The number of hydrogen-bond acceptors (Lipinski definition) is 3. The van der Waals surface area contributed by atoms with Crippen molar-refractivity contribution in [3.8, 4) is 0 Å². The van der Waals surface area contributed by atoms with Crippen LogP contribution < -0.4 is 9.62 Å². The summed E-state index contributed by atoms with van der Waals surface area (Å²) in [5.41, 5.74) is 2.45. The van der Waals surface area contributed by atoms with Gasteiger partial charge in [0.2, 0.25) is 10.0 Å². The molecule has 0 aliphatic carbocycles. The summed E-state index contributed by atoms with van der Waals surface area (Å²) >= 11 is 6.03. The topological polar surface area (TPSA) is 66.5 Å². The second kappa shape index (κ2) is 9.02. The fraction of sp³-hybridized carbons (Fsp3) is 0.0800. The summed E-state index contributed by atoms with van der Waals surface area (Å²) in [6.45, 7) is 0.129. The third-order valence-corrected chi connectivity index (χ3v) is 6.45. The predicted molar refractivity (Wildman–Crippen MR) is 131 cm³/mol. The lowest BCUT2D eigenvalue weighted by atomic mass is 10.1. The molecule has 0 bridgehead atoms. The van der Waals surface area contributed by atoms with Gasteiger partial charge in [-0.25, -0.2) is 8.42 Å². The fourth-order valence-electron chi connectivity index (χ4n) is 3.49. The number of sulfonamides is 1. The van der Waals surface area contributed by atoms with E-state index in [0.717, 1.165) is 28.3 Å². The number of rotatable bonds is 6. The molecule has 5 nitrogen and oxygen atoms in total. The second-order valence-corrected chi connectivity index (χ2v) is 9.77. The van der Waals surface area contributed by atoms with Gasteiger partial charge in [-0.3, -0.25) is 9.10 Å². The van der Waals surface area contributed by atoms with Crippen molar-refractivity contribution in [1.82, 2.24) is 0 Å². The van der Waals surface area contributed by atoms with Gasteiger partial charge in [0.25, 0.3) is 5.91 Å². The predicted octanol–water partition coefficient (Wildman–Crippen LogP) is 5.71. The number of amides is 1. The molecule has 0 aromatic heterocycles. The highest BCUT2D eigenvalue weighted by atomic mass is 35.5. The van der Waals surface area contributed by atoms with E-state index in [1.165, 1.54) is 4.31 Å². The molecule has 0 heterocycles. The van der Waals surface area contributed by atoms with Gasteiger partial charge in [-0.15, -0.1) is 0 Å². The number of nitrogens with one attached hydrogen (secondary N) is 1. The van der Waals surface area contributed by atoms with Crippen LogP contribution in [-0.4, -0.2) is 20.6 Å². The molecule has 32 heavy (non-hydrogen) atoms. The molecule has 1 amide bonds. The average molecular weight is 465 g/mol. The number of carbonyl (C=O) groups excluding carboxylic acids is 1. The number of fused-ring (bicyclic) bond motifs is 1. The smallest absolute Gasteiger partial charge is 0.255 e. The monoisotopic (exact) mass is 464 g/mol. The molecule has 0 aliphatic rings. The summed E-state index contributed by atoms with van der Waals surface area (Å²) in [6, 6.07) is 27.2. The zero-order valence-electron chi connectivity index (χ0n) is 17.3. The first-order valence-corrected chi connectivity index (χ1v) is 12.2. The van der Waals surface area contributed by atoms with Crippen LogP contribution >= 0.6 is 11.6 Å². The Bertz CT molecular complexity index is 1380. The number of nitrogens with zero attached hydrogens (tertiary/aromatic N) is 1. The van der Waals surface area contributed by atoms with Crippen molar-refractivity contribution in [3.63, 3.8) is 0 Å². The van der Waals surface area contributed by atoms with Gasteiger partial charge in [-0.05, 0) is 47.3 Å². The van der Waals surface area contributed by atoms with Crippen molar-refractivity contribution in [2.24, 2.45) is 0 Å². The number of carbonyl (C=O) groups is 1. The molecular weight excluding hydrogens is 444 g/mol. The first-order chi connectivity index (χ1) is 15.3. The van der Waals surface area contributed by atoms with Gasteiger partial charge >= 0.3 is 0 Å². The SMILES string of the molecule is CS(=O)(=O)N(Cc1ccc(C(=O)Nc2cccc3ccccc23)cc1)c1cccc(Cl)c1. The van der Waals surface area contributed by atoms with E-state index >= 15 is 0 Å². The molecule has 0 saturated heterocycles. The molecule has 0 spiro atoms. The number of halogens is 1. The lowest BCUT2D eigenvalue weighted by Crippen LogP contribution is -2.29. The third-order valence-electron chi connectivity index (χ3n) is 5.08. The van der Waals surface area contributed by atoms with Crippen LogP contribution in [-0.2, 0) is 16.6 Å². The van der Waals surface area contributed by atoms with E-state index in [2.05, 4.69) is 5.32 Å². The van der Waals surface area contributed by atoms with Gasteiger partial charge in [0.15, 0.2) is 0 Å². The highest BCUT2D eigenvalue weighted by molar-refractivity contribution is 7.92. The Morgan fingerprint density at radius 1 is 0.906 bits per heavy atom. The molecule has 1 N–H and O–H groups in total. The molecule has 0 aliphatic heterocycles. The highest BCUT2D eigenvalue weighted by Gasteiger charge is 2.18. The largest absolute Gasteiger partial charge is 0.321 e. The first-order valence-electron chi connectivity index (χ1n) is 9.92. The molecule has 4 aromatic carbocycles. The summed E-state index contributed by atoms with van der Waals surface area (Å²) in [5, 5.41) is 5.42. The Kier molecular flexibility index (Phi) is 6.17. The fourth-order valence-corrected chi connectivity index (χ4v) is 4.55. The van der Waals surface area contributed by atoms with Crippen molar-refractivity contribution in [1.29, 1.82) is 0 Å². The third kappa shape index (κ3) is 4.93. The van der Waals surface area contributed by atoms with Crippen LogP contribution in [0.1, 0.15) is 15.9 Å². The molecule has 0 atom stereocenters. The number of hydrogen-bond donors (Lipinski definition) is 1. The van der Waals surface area contributed by atoms with Crippen LogP contribution in [0, 0.1) is 0 Å². The highest BCUT2D eigenvalue weighted by Crippen LogP contribution is 2.25. The molecule has 0 saturated carbocycles. The van der Waals surface area contributed by atoms with Crippen LogP contribution in [0.3, 0.4) is 0 Å². The second-order valence-electron chi connectivity index (χ2n) is 7.43. The van der Waals surface area contributed by atoms with Gasteiger partial charge in [0, 0.05) is 21.7 Å². The Balaban J connectivity index is 1.53. The van der Waals surface area contributed by atoms with Crippen LogP contribution in [0.25, 0.3) is 10.8 Å². The minimum absolute atomic E-state index is 0.129. The van der Waals surface area contributed by atoms with Gasteiger partial charge in [-0.1, -0.05) is 66.2 Å². The van der Waals surface area contributed by atoms with E-state index in [1.807, 2.05) is 42.5 Å². The van der Waals surface area contributed by atoms with E-state index in [-0.39, 0.29) is 12.5 Å². The van der Waals surface area contributed by atoms with Crippen molar-refractivity contribution in [2.75, 3.05) is 15.9 Å². The summed E-state index contributed by atoms with van der Waals surface area (Å²) < 4.78 is 26.0. The van der Waals surface area contributed by atoms with Crippen LogP contribution in [0.2, 0.25) is 5.02 Å². The number of benzene rings is 4. The summed E-state index contributed by atoms with van der Waals surface area (Å²) in [6.07, 6.45) is 1.15. The van der Waals surface area contributed by atoms with Gasteiger partial charge < -0.3 is 5.32 Å². The molecule has 0 unspecified atom stereocenters.